The molecule has 0 heterocycles. The topological polar surface area (TPSA) is 12.0 Å². The average Bonchev–Trinajstić information content (AvgIpc) is 2.52. The van der Waals surface area contributed by atoms with Gasteiger partial charge in [0.2, 0.25) is 0 Å². The van der Waals surface area contributed by atoms with Crippen LogP contribution in [-0.2, 0) is 6.42 Å². The van der Waals surface area contributed by atoms with Gasteiger partial charge in [-0.05, 0) is 53.0 Å². The summed E-state index contributed by atoms with van der Waals surface area (Å²) in [5.74, 6) is 1.08. The van der Waals surface area contributed by atoms with Crippen LogP contribution in [-0.4, -0.2) is 18.3 Å². The van der Waals surface area contributed by atoms with E-state index in [1.54, 1.807) is 0 Å². The van der Waals surface area contributed by atoms with E-state index in [-0.39, 0.29) is 0 Å². The van der Waals surface area contributed by atoms with Crippen LogP contribution in [0.1, 0.15) is 18.9 Å². The summed E-state index contributed by atoms with van der Waals surface area (Å²) in [5, 5.41) is 3.67. The number of rotatable bonds is 8. The third kappa shape index (κ3) is 5.85. The molecule has 21 heavy (non-hydrogen) atoms. The number of halogens is 1. The molecule has 2 aromatic rings. The highest BCUT2D eigenvalue weighted by molar-refractivity contribution is 9.10. The zero-order valence-corrected chi connectivity index (χ0v) is 14.8. The lowest BCUT2D eigenvalue weighted by atomic mass is 10.1. The van der Waals surface area contributed by atoms with Gasteiger partial charge < -0.3 is 5.32 Å². The van der Waals surface area contributed by atoms with Crippen LogP contribution >= 0.6 is 27.7 Å². The lowest BCUT2D eigenvalue weighted by Gasteiger charge is -2.18. The molecule has 0 radical (unpaired) electrons. The summed E-state index contributed by atoms with van der Waals surface area (Å²) < 4.78 is 1.18. The highest BCUT2D eigenvalue weighted by atomic mass is 79.9. The van der Waals surface area contributed by atoms with E-state index in [2.05, 4.69) is 82.8 Å². The maximum atomic E-state index is 3.67. The molecule has 0 saturated heterocycles. The van der Waals surface area contributed by atoms with E-state index < -0.39 is 0 Å². The molecule has 0 aliphatic heterocycles. The summed E-state index contributed by atoms with van der Waals surface area (Å²) in [7, 11) is 0. The van der Waals surface area contributed by atoms with Gasteiger partial charge >= 0.3 is 0 Å². The van der Waals surface area contributed by atoms with E-state index in [4.69, 9.17) is 0 Å². The molecule has 1 nitrogen and oxygen atoms in total. The Bertz CT molecular complexity index is 530. The van der Waals surface area contributed by atoms with Crippen LogP contribution in [0.4, 0.5) is 0 Å². The van der Waals surface area contributed by atoms with Crippen molar-refractivity contribution in [2.45, 2.75) is 30.7 Å². The highest BCUT2D eigenvalue weighted by Crippen LogP contribution is 2.27. The molecule has 112 valence electrons. The first-order valence-electron chi connectivity index (χ1n) is 7.44. The third-order valence-corrected chi connectivity index (χ3v) is 5.47. The van der Waals surface area contributed by atoms with E-state index in [1.165, 1.54) is 21.4 Å². The molecular weight excluding hydrogens is 342 g/mol. The summed E-state index contributed by atoms with van der Waals surface area (Å²) in [4.78, 5) is 1.31. The Hall–Kier alpha value is -0.770. The predicted molar refractivity (Wildman–Crippen MR) is 97.1 cm³/mol. The molecule has 0 fully saturated rings. The van der Waals surface area contributed by atoms with Gasteiger partial charge in [-0.2, -0.15) is 0 Å². The van der Waals surface area contributed by atoms with Crippen LogP contribution in [0.5, 0.6) is 0 Å². The van der Waals surface area contributed by atoms with Crippen LogP contribution in [0.2, 0.25) is 0 Å². The minimum Gasteiger partial charge on any atom is -0.313 e. The molecule has 0 spiro atoms. The van der Waals surface area contributed by atoms with E-state index >= 15 is 0 Å². The Morgan fingerprint density at radius 1 is 1.05 bits per heavy atom. The number of thioether (sulfide) groups is 1. The molecule has 0 amide bonds. The van der Waals surface area contributed by atoms with E-state index in [1.807, 2.05) is 11.8 Å². The largest absolute Gasteiger partial charge is 0.313 e. The van der Waals surface area contributed by atoms with E-state index in [0.717, 1.165) is 18.7 Å². The summed E-state index contributed by atoms with van der Waals surface area (Å²) in [6.07, 6.45) is 2.25. The van der Waals surface area contributed by atoms with Crippen molar-refractivity contribution >= 4 is 27.7 Å². The Labute approximate surface area is 140 Å². The van der Waals surface area contributed by atoms with Gasteiger partial charge in [0.15, 0.2) is 0 Å². The van der Waals surface area contributed by atoms with Crippen molar-refractivity contribution in [1.29, 1.82) is 0 Å². The minimum atomic E-state index is 0.504. The first-order valence-corrected chi connectivity index (χ1v) is 9.22. The fraction of sp³-hybridized carbons (Fsp3) is 0.333. The van der Waals surface area contributed by atoms with Gasteiger partial charge in [-0.25, -0.2) is 0 Å². The van der Waals surface area contributed by atoms with Crippen molar-refractivity contribution in [3.63, 3.8) is 0 Å². The lowest BCUT2D eigenvalue weighted by Crippen LogP contribution is -2.34. The van der Waals surface area contributed by atoms with Gasteiger partial charge in [0.1, 0.15) is 0 Å². The van der Waals surface area contributed by atoms with Crippen molar-refractivity contribution in [1.82, 2.24) is 5.32 Å². The second-order valence-electron chi connectivity index (χ2n) is 5.08. The molecule has 1 N–H and O–H groups in total. The number of hydrogen-bond donors (Lipinski definition) is 1. The van der Waals surface area contributed by atoms with Crippen LogP contribution < -0.4 is 5.32 Å². The van der Waals surface area contributed by atoms with Crippen molar-refractivity contribution in [3.05, 3.63) is 64.6 Å². The smallest absolute Gasteiger partial charge is 0.0311 e. The number of nitrogens with one attached hydrogen (secondary N) is 1. The SMILES string of the molecule is CCCNC(CSc1ccccc1Br)Cc1ccccc1. The maximum Gasteiger partial charge on any atom is 0.0311 e. The minimum absolute atomic E-state index is 0.504. The number of benzene rings is 2. The first-order chi connectivity index (χ1) is 10.3. The first kappa shape index (κ1) is 16.6. The predicted octanol–water partition coefficient (Wildman–Crippen LogP) is 5.15. The summed E-state index contributed by atoms with van der Waals surface area (Å²) >= 11 is 5.54. The molecule has 0 bridgehead atoms. The fourth-order valence-corrected chi connectivity index (χ4v) is 3.81. The van der Waals surface area contributed by atoms with Gasteiger partial charge in [0.05, 0.1) is 0 Å². The summed E-state index contributed by atoms with van der Waals surface area (Å²) in [5.41, 5.74) is 1.40. The normalized spacial score (nSPS) is 12.3. The number of hydrogen-bond acceptors (Lipinski definition) is 2. The monoisotopic (exact) mass is 363 g/mol. The average molecular weight is 364 g/mol. The van der Waals surface area contributed by atoms with Crippen LogP contribution in [0, 0.1) is 0 Å². The fourth-order valence-electron chi connectivity index (χ4n) is 2.19. The molecular formula is C18H22BrNS. The van der Waals surface area contributed by atoms with Crippen LogP contribution in [0.25, 0.3) is 0 Å². The van der Waals surface area contributed by atoms with Crippen molar-refractivity contribution in [3.8, 4) is 0 Å². The molecule has 0 aromatic heterocycles. The second kappa shape index (κ2) is 9.29. The van der Waals surface area contributed by atoms with Crippen LogP contribution in [0.15, 0.2) is 64.0 Å². The summed E-state index contributed by atoms with van der Waals surface area (Å²) in [6, 6.07) is 19.7. The molecule has 2 rings (SSSR count). The Balaban J connectivity index is 1.94. The van der Waals surface area contributed by atoms with Gasteiger partial charge in [0, 0.05) is 21.2 Å². The molecule has 3 heteroatoms. The van der Waals surface area contributed by atoms with Gasteiger partial charge in [-0.1, -0.05) is 49.4 Å². The zero-order valence-electron chi connectivity index (χ0n) is 12.4. The Kier molecular flexibility index (Phi) is 7.34. The quantitative estimate of drug-likeness (QED) is 0.650. The molecule has 0 saturated carbocycles. The standard InChI is InChI=1S/C18H22BrNS/c1-2-12-20-16(13-15-8-4-3-5-9-15)14-21-18-11-7-6-10-17(18)19/h3-11,16,20H,2,12-14H2,1H3. The Morgan fingerprint density at radius 3 is 2.48 bits per heavy atom. The van der Waals surface area contributed by atoms with Crippen molar-refractivity contribution < 1.29 is 0 Å². The van der Waals surface area contributed by atoms with Gasteiger partial charge in [-0.3, -0.25) is 0 Å². The van der Waals surface area contributed by atoms with Gasteiger partial charge in [0.25, 0.3) is 0 Å². The Morgan fingerprint density at radius 2 is 1.76 bits per heavy atom. The lowest BCUT2D eigenvalue weighted by molar-refractivity contribution is 0.550. The maximum absolute atomic E-state index is 3.67. The molecule has 0 aliphatic rings. The van der Waals surface area contributed by atoms with Crippen molar-refractivity contribution in [2.75, 3.05) is 12.3 Å². The van der Waals surface area contributed by atoms with E-state index in [0.29, 0.717) is 6.04 Å². The van der Waals surface area contributed by atoms with Crippen molar-refractivity contribution in [2.24, 2.45) is 0 Å². The molecule has 1 unspecified atom stereocenters. The highest BCUT2D eigenvalue weighted by Gasteiger charge is 2.10. The van der Waals surface area contributed by atoms with Gasteiger partial charge in [-0.15, -0.1) is 11.8 Å². The van der Waals surface area contributed by atoms with E-state index in [9.17, 15) is 0 Å². The molecule has 0 aliphatic carbocycles. The molecule has 2 aromatic carbocycles. The zero-order chi connectivity index (χ0) is 14.9. The van der Waals surface area contributed by atoms with Crippen LogP contribution in [0.3, 0.4) is 0 Å². The summed E-state index contributed by atoms with van der Waals surface area (Å²) in [6.45, 7) is 3.29. The third-order valence-electron chi connectivity index (χ3n) is 3.28. The second-order valence-corrected chi connectivity index (χ2v) is 7.00. The molecule has 1 atom stereocenters.